The van der Waals surface area contributed by atoms with E-state index in [1.165, 1.54) is 29.7 Å². The molecule has 4 heterocycles. The van der Waals surface area contributed by atoms with Crippen LogP contribution in [0.15, 0.2) is 15.9 Å². The fourth-order valence-corrected chi connectivity index (χ4v) is 4.89. The molecule has 128 valence electrons. The Kier molecular flexibility index (Phi) is 3.72. The van der Waals surface area contributed by atoms with Crippen LogP contribution in [0.2, 0.25) is 0 Å². The summed E-state index contributed by atoms with van der Waals surface area (Å²) >= 11 is 1.86. The molecule has 0 amide bonds. The van der Waals surface area contributed by atoms with E-state index in [2.05, 4.69) is 33.5 Å². The van der Waals surface area contributed by atoms with E-state index in [9.17, 15) is 0 Å². The van der Waals surface area contributed by atoms with Crippen molar-refractivity contribution in [2.24, 2.45) is 5.92 Å². The first-order valence-electron chi connectivity index (χ1n) is 9.00. The Balaban J connectivity index is 1.23. The van der Waals surface area contributed by atoms with Gasteiger partial charge in [0.1, 0.15) is 6.10 Å². The lowest BCUT2D eigenvalue weighted by Crippen LogP contribution is -2.41. The van der Waals surface area contributed by atoms with Crippen LogP contribution in [-0.4, -0.2) is 34.3 Å². The van der Waals surface area contributed by atoms with Gasteiger partial charge in [-0.15, -0.1) is 21.5 Å². The zero-order chi connectivity index (χ0) is 16.1. The minimum atomic E-state index is 0.00317. The lowest BCUT2D eigenvalue weighted by atomic mass is 9.91. The van der Waals surface area contributed by atoms with Crippen LogP contribution in [0.25, 0.3) is 0 Å². The van der Waals surface area contributed by atoms with Crippen molar-refractivity contribution in [1.29, 1.82) is 0 Å². The maximum absolute atomic E-state index is 6.31. The standard InChI is InChI=1S/C18H23N3O2S/c1-11-5-7-24-16(11)10-21-6-4-13-8-14(22-15(13)9-21)18-20-19-17(23-18)12-2-3-12/h5,7,12-15H,2-4,6,8-10H2,1H3/t13-,14+,15+/m1/s1. The van der Waals surface area contributed by atoms with Gasteiger partial charge in [0.05, 0.1) is 6.10 Å². The molecular weight excluding hydrogens is 322 g/mol. The minimum Gasteiger partial charge on any atom is -0.422 e. The molecule has 0 spiro atoms. The number of piperidine rings is 1. The molecule has 6 heteroatoms. The van der Waals surface area contributed by atoms with Gasteiger partial charge < -0.3 is 9.15 Å². The summed E-state index contributed by atoms with van der Waals surface area (Å²) < 4.78 is 12.2. The van der Waals surface area contributed by atoms with E-state index in [1.54, 1.807) is 0 Å². The maximum atomic E-state index is 6.31. The fraction of sp³-hybridized carbons (Fsp3) is 0.667. The number of aromatic nitrogens is 2. The van der Waals surface area contributed by atoms with Gasteiger partial charge in [-0.3, -0.25) is 4.90 Å². The predicted molar refractivity (Wildman–Crippen MR) is 90.9 cm³/mol. The highest BCUT2D eigenvalue weighted by Crippen LogP contribution is 2.43. The summed E-state index contributed by atoms with van der Waals surface area (Å²) in [4.78, 5) is 4.01. The fourth-order valence-electron chi connectivity index (χ4n) is 3.94. The monoisotopic (exact) mass is 345 g/mol. The van der Waals surface area contributed by atoms with Crippen molar-refractivity contribution < 1.29 is 9.15 Å². The average Bonchev–Trinajstić information content (AvgIpc) is 2.99. The molecule has 2 aromatic rings. The number of aryl methyl sites for hydroxylation is 1. The zero-order valence-corrected chi connectivity index (χ0v) is 14.8. The van der Waals surface area contributed by atoms with E-state index >= 15 is 0 Å². The molecule has 0 radical (unpaired) electrons. The van der Waals surface area contributed by atoms with Crippen LogP contribution in [0.3, 0.4) is 0 Å². The second-order valence-corrected chi connectivity index (χ2v) is 8.46. The molecular formula is C18H23N3O2S. The van der Waals surface area contributed by atoms with Crippen LogP contribution in [0, 0.1) is 12.8 Å². The molecule has 5 nitrogen and oxygen atoms in total. The first kappa shape index (κ1) is 15.0. The molecule has 0 unspecified atom stereocenters. The van der Waals surface area contributed by atoms with E-state index in [0.717, 1.165) is 31.9 Å². The van der Waals surface area contributed by atoms with Gasteiger partial charge in [-0.25, -0.2) is 0 Å². The van der Waals surface area contributed by atoms with Gasteiger partial charge in [-0.05, 0) is 62.1 Å². The van der Waals surface area contributed by atoms with Crippen LogP contribution in [0.5, 0.6) is 0 Å². The van der Waals surface area contributed by atoms with Gasteiger partial charge in [0.15, 0.2) is 0 Å². The third-order valence-electron chi connectivity index (χ3n) is 5.63. The van der Waals surface area contributed by atoms with Crippen molar-refractivity contribution in [3.63, 3.8) is 0 Å². The SMILES string of the molecule is Cc1ccsc1CN1CC[C@@H]2C[C@@H](c3nnc(C4CC4)o3)O[C@H]2C1. The Bertz CT molecular complexity index is 723. The number of fused-ring (bicyclic) bond motifs is 1. The van der Waals surface area contributed by atoms with Crippen LogP contribution >= 0.6 is 11.3 Å². The van der Waals surface area contributed by atoms with Gasteiger partial charge in [0.2, 0.25) is 11.8 Å². The summed E-state index contributed by atoms with van der Waals surface area (Å²) in [6, 6.07) is 2.21. The van der Waals surface area contributed by atoms with Crippen LogP contribution in [0.1, 0.15) is 59.9 Å². The summed E-state index contributed by atoms with van der Waals surface area (Å²) in [6.45, 7) is 5.43. The topological polar surface area (TPSA) is 51.4 Å². The van der Waals surface area contributed by atoms with Gasteiger partial charge >= 0.3 is 0 Å². The lowest BCUT2D eigenvalue weighted by Gasteiger charge is -2.33. The minimum absolute atomic E-state index is 0.00317. The van der Waals surface area contributed by atoms with Crippen LogP contribution in [0.4, 0.5) is 0 Å². The third-order valence-corrected chi connectivity index (χ3v) is 6.64. The second-order valence-electron chi connectivity index (χ2n) is 7.46. The smallest absolute Gasteiger partial charge is 0.245 e. The molecule has 0 bridgehead atoms. The Morgan fingerprint density at radius 3 is 2.92 bits per heavy atom. The first-order valence-corrected chi connectivity index (χ1v) is 9.88. The van der Waals surface area contributed by atoms with E-state index in [4.69, 9.17) is 9.15 Å². The second kappa shape index (κ2) is 5.93. The lowest BCUT2D eigenvalue weighted by molar-refractivity contribution is -0.0175. The van der Waals surface area contributed by atoms with E-state index in [0.29, 0.717) is 23.8 Å². The van der Waals surface area contributed by atoms with Gasteiger partial charge in [-0.2, -0.15) is 0 Å². The molecule has 5 rings (SSSR count). The van der Waals surface area contributed by atoms with Crippen molar-refractivity contribution >= 4 is 11.3 Å². The largest absolute Gasteiger partial charge is 0.422 e. The molecule has 3 fully saturated rings. The highest BCUT2D eigenvalue weighted by molar-refractivity contribution is 7.10. The van der Waals surface area contributed by atoms with Crippen LogP contribution < -0.4 is 0 Å². The predicted octanol–water partition coefficient (Wildman–Crippen LogP) is 3.67. The normalized spacial score (nSPS) is 30.6. The maximum Gasteiger partial charge on any atom is 0.245 e. The molecule has 3 atom stereocenters. The Hall–Kier alpha value is -1.24. The molecule has 3 aliphatic rings. The van der Waals surface area contributed by atoms with Gasteiger partial charge in [0, 0.05) is 23.9 Å². The van der Waals surface area contributed by atoms with E-state index < -0.39 is 0 Å². The van der Waals surface area contributed by atoms with Gasteiger partial charge in [-0.1, -0.05) is 0 Å². The number of thiophene rings is 1. The average molecular weight is 345 g/mol. The van der Waals surface area contributed by atoms with Gasteiger partial charge in [0.25, 0.3) is 0 Å². The third kappa shape index (κ3) is 2.80. The zero-order valence-electron chi connectivity index (χ0n) is 14.0. The van der Waals surface area contributed by atoms with Crippen molar-refractivity contribution in [3.05, 3.63) is 33.7 Å². The molecule has 1 saturated carbocycles. The van der Waals surface area contributed by atoms with Crippen molar-refractivity contribution in [1.82, 2.24) is 15.1 Å². The number of hydrogen-bond donors (Lipinski definition) is 0. The molecule has 1 aliphatic carbocycles. The first-order chi connectivity index (χ1) is 11.8. The molecule has 0 aromatic carbocycles. The summed E-state index contributed by atoms with van der Waals surface area (Å²) in [5, 5.41) is 10.7. The van der Waals surface area contributed by atoms with Crippen molar-refractivity contribution in [2.75, 3.05) is 13.1 Å². The number of nitrogens with zero attached hydrogens (tertiary/aromatic N) is 3. The Labute approximate surface area is 146 Å². The van der Waals surface area contributed by atoms with Crippen molar-refractivity contribution in [3.8, 4) is 0 Å². The van der Waals surface area contributed by atoms with E-state index in [1.807, 2.05) is 11.3 Å². The van der Waals surface area contributed by atoms with E-state index in [-0.39, 0.29) is 6.10 Å². The number of rotatable bonds is 4. The summed E-state index contributed by atoms with van der Waals surface area (Å²) in [7, 11) is 0. The molecule has 2 saturated heterocycles. The quantitative estimate of drug-likeness (QED) is 0.846. The summed E-state index contributed by atoms with van der Waals surface area (Å²) in [6.07, 6.45) is 4.92. The number of ether oxygens (including phenoxy) is 1. The molecule has 2 aromatic heterocycles. The molecule has 24 heavy (non-hydrogen) atoms. The highest BCUT2D eigenvalue weighted by atomic mass is 32.1. The Morgan fingerprint density at radius 2 is 2.12 bits per heavy atom. The molecule has 2 aliphatic heterocycles. The van der Waals surface area contributed by atoms with Crippen LogP contribution in [-0.2, 0) is 11.3 Å². The Morgan fingerprint density at radius 1 is 1.25 bits per heavy atom. The number of likely N-dealkylation sites (tertiary alicyclic amines) is 1. The molecule has 0 N–H and O–H groups in total. The summed E-state index contributed by atoms with van der Waals surface area (Å²) in [5.41, 5.74) is 1.41. The highest BCUT2D eigenvalue weighted by Gasteiger charge is 2.42. The van der Waals surface area contributed by atoms with Crippen molar-refractivity contribution in [2.45, 2.75) is 57.3 Å². The summed E-state index contributed by atoms with van der Waals surface area (Å²) in [5.74, 6) is 2.66. The number of hydrogen-bond acceptors (Lipinski definition) is 6.